The molecular formula is C12H22N4O. The van der Waals surface area contributed by atoms with E-state index in [9.17, 15) is 4.79 Å². The largest absolute Gasteiger partial charge is 0.345 e. The second kappa shape index (κ2) is 5.82. The van der Waals surface area contributed by atoms with Crippen LogP contribution < -0.4 is 5.32 Å². The zero-order chi connectivity index (χ0) is 13.0. The summed E-state index contributed by atoms with van der Waals surface area (Å²) in [6.45, 7) is 6.62. The van der Waals surface area contributed by atoms with E-state index in [-0.39, 0.29) is 18.0 Å². The van der Waals surface area contributed by atoms with Gasteiger partial charge in [-0.3, -0.25) is 14.8 Å². The van der Waals surface area contributed by atoms with Gasteiger partial charge in [-0.25, -0.2) is 0 Å². The fourth-order valence-electron chi connectivity index (χ4n) is 1.83. The molecule has 0 aliphatic heterocycles. The Labute approximate surface area is 103 Å². The van der Waals surface area contributed by atoms with E-state index in [0.29, 0.717) is 0 Å². The zero-order valence-electron chi connectivity index (χ0n) is 11.3. The number of hydrogen-bond acceptors (Lipinski definition) is 3. The SMILES string of the molecule is CCN(C)C(=O)C(C)NC(C)c1ccnn1C. The molecule has 0 fully saturated rings. The van der Waals surface area contributed by atoms with Crippen molar-refractivity contribution in [2.45, 2.75) is 32.9 Å². The summed E-state index contributed by atoms with van der Waals surface area (Å²) in [5.41, 5.74) is 1.07. The molecule has 0 aromatic carbocycles. The average Bonchev–Trinajstić information content (AvgIpc) is 2.73. The summed E-state index contributed by atoms with van der Waals surface area (Å²) in [5, 5.41) is 7.41. The smallest absolute Gasteiger partial charge is 0.239 e. The van der Waals surface area contributed by atoms with Crippen LogP contribution in [0.15, 0.2) is 12.3 Å². The molecule has 2 atom stereocenters. The number of nitrogens with zero attached hydrogens (tertiary/aromatic N) is 3. The Morgan fingerprint density at radius 3 is 2.71 bits per heavy atom. The summed E-state index contributed by atoms with van der Waals surface area (Å²) in [6, 6.07) is 1.87. The summed E-state index contributed by atoms with van der Waals surface area (Å²) in [4.78, 5) is 13.6. The van der Waals surface area contributed by atoms with Crippen molar-refractivity contribution in [3.8, 4) is 0 Å². The lowest BCUT2D eigenvalue weighted by molar-refractivity contribution is -0.131. The molecule has 2 unspecified atom stereocenters. The third kappa shape index (κ3) is 3.30. The number of likely N-dealkylation sites (N-methyl/N-ethyl adjacent to an activating group) is 1. The molecule has 5 heteroatoms. The van der Waals surface area contributed by atoms with Crippen molar-refractivity contribution in [2.75, 3.05) is 13.6 Å². The van der Waals surface area contributed by atoms with Crippen molar-refractivity contribution in [1.82, 2.24) is 20.0 Å². The Bertz CT molecular complexity index is 374. The quantitative estimate of drug-likeness (QED) is 0.830. The first-order valence-electron chi connectivity index (χ1n) is 5.96. The van der Waals surface area contributed by atoms with E-state index in [1.807, 2.05) is 45.6 Å². The van der Waals surface area contributed by atoms with Gasteiger partial charge in [0.2, 0.25) is 5.91 Å². The number of aromatic nitrogens is 2. The highest BCUT2D eigenvalue weighted by Gasteiger charge is 2.19. The Balaban J connectivity index is 2.60. The summed E-state index contributed by atoms with van der Waals surface area (Å²) in [6.07, 6.45) is 1.76. The Hall–Kier alpha value is -1.36. The summed E-state index contributed by atoms with van der Waals surface area (Å²) in [5.74, 6) is 0.113. The van der Waals surface area contributed by atoms with Gasteiger partial charge in [0.05, 0.1) is 11.7 Å². The molecule has 0 bridgehead atoms. The highest BCUT2D eigenvalue weighted by molar-refractivity contribution is 5.81. The number of hydrogen-bond donors (Lipinski definition) is 1. The van der Waals surface area contributed by atoms with E-state index < -0.39 is 0 Å². The van der Waals surface area contributed by atoms with Crippen LogP contribution in [0.5, 0.6) is 0 Å². The van der Waals surface area contributed by atoms with E-state index in [1.165, 1.54) is 0 Å². The monoisotopic (exact) mass is 238 g/mol. The van der Waals surface area contributed by atoms with Crippen molar-refractivity contribution in [3.63, 3.8) is 0 Å². The predicted molar refractivity (Wildman–Crippen MR) is 67.5 cm³/mol. The molecular weight excluding hydrogens is 216 g/mol. The maximum absolute atomic E-state index is 11.9. The zero-order valence-corrected chi connectivity index (χ0v) is 11.3. The number of rotatable bonds is 5. The Morgan fingerprint density at radius 1 is 1.59 bits per heavy atom. The minimum atomic E-state index is -0.190. The second-order valence-corrected chi connectivity index (χ2v) is 4.34. The van der Waals surface area contributed by atoms with Crippen molar-refractivity contribution in [1.29, 1.82) is 0 Å². The molecule has 0 aliphatic rings. The number of aryl methyl sites for hydroxylation is 1. The molecule has 5 nitrogen and oxygen atoms in total. The fraction of sp³-hybridized carbons (Fsp3) is 0.667. The molecule has 1 amide bonds. The normalized spacial score (nSPS) is 14.4. The molecule has 1 aromatic rings. The predicted octanol–water partition coefficient (Wildman–Crippen LogP) is 0.937. The van der Waals surface area contributed by atoms with Crippen LogP contribution in [-0.2, 0) is 11.8 Å². The molecule has 0 saturated carbocycles. The summed E-state index contributed by atoms with van der Waals surface area (Å²) < 4.78 is 1.82. The number of carbonyl (C=O) groups is 1. The van der Waals surface area contributed by atoms with Crippen molar-refractivity contribution >= 4 is 5.91 Å². The van der Waals surface area contributed by atoms with E-state index in [1.54, 1.807) is 11.1 Å². The van der Waals surface area contributed by atoms with E-state index >= 15 is 0 Å². The third-order valence-corrected chi connectivity index (χ3v) is 3.02. The lowest BCUT2D eigenvalue weighted by atomic mass is 10.2. The van der Waals surface area contributed by atoms with E-state index in [0.717, 1.165) is 12.2 Å². The van der Waals surface area contributed by atoms with Gasteiger partial charge in [0.15, 0.2) is 0 Å². The molecule has 96 valence electrons. The molecule has 1 rings (SSSR count). The van der Waals surface area contributed by atoms with Crippen LogP contribution in [0.4, 0.5) is 0 Å². The number of amides is 1. The van der Waals surface area contributed by atoms with Gasteiger partial charge >= 0.3 is 0 Å². The topological polar surface area (TPSA) is 50.2 Å². The van der Waals surface area contributed by atoms with Crippen LogP contribution in [0.1, 0.15) is 32.5 Å². The van der Waals surface area contributed by atoms with Crippen LogP contribution in [0.3, 0.4) is 0 Å². The first kappa shape index (κ1) is 13.7. The Morgan fingerprint density at radius 2 is 2.24 bits per heavy atom. The van der Waals surface area contributed by atoms with Gasteiger partial charge in [0.1, 0.15) is 0 Å². The van der Waals surface area contributed by atoms with Gasteiger partial charge in [0.25, 0.3) is 0 Å². The Kier molecular flexibility index (Phi) is 4.69. The van der Waals surface area contributed by atoms with Crippen LogP contribution in [0, 0.1) is 0 Å². The summed E-state index contributed by atoms with van der Waals surface area (Å²) >= 11 is 0. The van der Waals surface area contributed by atoms with Crippen LogP contribution in [0.2, 0.25) is 0 Å². The van der Waals surface area contributed by atoms with Gasteiger partial charge < -0.3 is 4.90 Å². The number of carbonyl (C=O) groups excluding carboxylic acids is 1. The van der Waals surface area contributed by atoms with E-state index in [2.05, 4.69) is 10.4 Å². The molecule has 1 N–H and O–H groups in total. The molecule has 0 aliphatic carbocycles. The van der Waals surface area contributed by atoms with E-state index in [4.69, 9.17) is 0 Å². The van der Waals surface area contributed by atoms with Gasteiger partial charge in [0, 0.05) is 32.9 Å². The first-order chi connectivity index (χ1) is 7.97. The van der Waals surface area contributed by atoms with Gasteiger partial charge in [-0.05, 0) is 26.8 Å². The average molecular weight is 238 g/mol. The van der Waals surface area contributed by atoms with Gasteiger partial charge in [-0.2, -0.15) is 5.10 Å². The third-order valence-electron chi connectivity index (χ3n) is 3.02. The molecule has 17 heavy (non-hydrogen) atoms. The van der Waals surface area contributed by atoms with Crippen LogP contribution in [0.25, 0.3) is 0 Å². The van der Waals surface area contributed by atoms with Crippen LogP contribution in [-0.4, -0.2) is 40.2 Å². The summed E-state index contributed by atoms with van der Waals surface area (Å²) in [7, 11) is 3.72. The second-order valence-electron chi connectivity index (χ2n) is 4.34. The first-order valence-corrected chi connectivity index (χ1v) is 5.96. The lowest BCUT2D eigenvalue weighted by Gasteiger charge is -2.23. The van der Waals surface area contributed by atoms with Crippen molar-refractivity contribution < 1.29 is 4.79 Å². The molecule has 0 spiro atoms. The lowest BCUT2D eigenvalue weighted by Crippen LogP contribution is -2.44. The number of nitrogens with one attached hydrogen (secondary N) is 1. The minimum absolute atomic E-state index is 0.103. The molecule has 0 saturated heterocycles. The standard InChI is InChI=1S/C12H22N4O/c1-6-15(4)12(17)10(3)14-9(2)11-7-8-13-16(11)5/h7-10,14H,6H2,1-5H3. The van der Waals surface area contributed by atoms with Gasteiger partial charge in [-0.15, -0.1) is 0 Å². The van der Waals surface area contributed by atoms with Crippen molar-refractivity contribution in [3.05, 3.63) is 18.0 Å². The maximum Gasteiger partial charge on any atom is 0.239 e. The maximum atomic E-state index is 11.9. The highest BCUT2D eigenvalue weighted by Crippen LogP contribution is 2.11. The molecule has 1 heterocycles. The van der Waals surface area contributed by atoms with Crippen LogP contribution >= 0.6 is 0 Å². The van der Waals surface area contributed by atoms with Crippen molar-refractivity contribution in [2.24, 2.45) is 7.05 Å². The minimum Gasteiger partial charge on any atom is -0.345 e. The van der Waals surface area contributed by atoms with Gasteiger partial charge in [-0.1, -0.05) is 0 Å². The fourth-order valence-corrected chi connectivity index (χ4v) is 1.83. The molecule has 0 radical (unpaired) electrons. The highest BCUT2D eigenvalue weighted by atomic mass is 16.2. The molecule has 1 aromatic heterocycles.